The summed E-state index contributed by atoms with van der Waals surface area (Å²) in [5.41, 5.74) is 5.29. The zero-order valence-corrected chi connectivity index (χ0v) is 24.7. The highest BCUT2D eigenvalue weighted by molar-refractivity contribution is 5.99. The molecule has 42 heavy (non-hydrogen) atoms. The summed E-state index contributed by atoms with van der Waals surface area (Å²) in [6, 6.07) is 23.2. The minimum Gasteiger partial charge on any atom is -0.497 e. The van der Waals surface area contributed by atoms with E-state index in [0.29, 0.717) is 36.3 Å². The Morgan fingerprint density at radius 1 is 1.05 bits per heavy atom. The number of anilines is 1. The zero-order chi connectivity index (χ0) is 29.6. The number of aryl methyl sites for hydroxylation is 1. The molecule has 0 spiro atoms. The van der Waals surface area contributed by atoms with E-state index in [1.807, 2.05) is 66.2 Å². The molecular formula is C34H38N4O4. The standard InChI is InChI=1S/C34H38N4O4/c1-23(2)25-11-15-28(16-12-25)38-21-31(26-13-17-29(41-4)18-14-26)35-34(38)36-32(39)22-37(20-30-6-5-19-42-30)33(40)27-9-7-24(3)8-10-27/h7-18,21,23,30H,5-6,19-20,22H2,1-4H3,(H,35,36,39)/t30-/m0/s1. The number of hydrogen-bond acceptors (Lipinski definition) is 5. The molecule has 2 heterocycles. The second-order valence-electron chi connectivity index (χ2n) is 11.0. The summed E-state index contributed by atoms with van der Waals surface area (Å²) < 4.78 is 13.0. The first kappa shape index (κ1) is 29.1. The predicted molar refractivity (Wildman–Crippen MR) is 164 cm³/mol. The molecule has 1 aromatic heterocycles. The first-order valence-corrected chi connectivity index (χ1v) is 14.4. The van der Waals surface area contributed by atoms with Crippen molar-refractivity contribution in [3.63, 3.8) is 0 Å². The lowest BCUT2D eigenvalue weighted by Gasteiger charge is -2.25. The van der Waals surface area contributed by atoms with E-state index in [-0.39, 0.29) is 24.5 Å². The van der Waals surface area contributed by atoms with Crippen molar-refractivity contribution in [3.05, 3.63) is 95.7 Å². The number of amides is 2. The Balaban J connectivity index is 1.42. The summed E-state index contributed by atoms with van der Waals surface area (Å²) in [4.78, 5) is 33.4. The molecule has 4 aromatic rings. The summed E-state index contributed by atoms with van der Waals surface area (Å²) in [7, 11) is 1.63. The number of rotatable bonds is 10. The van der Waals surface area contributed by atoms with Gasteiger partial charge < -0.3 is 14.4 Å². The van der Waals surface area contributed by atoms with Gasteiger partial charge in [0, 0.05) is 36.2 Å². The average molecular weight is 567 g/mol. The Morgan fingerprint density at radius 2 is 1.76 bits per heavy atom. The summed E-state index contributed by atoms with van der Waals surface area (Å²) in [5, 5.41) is 2.98. The van der Waals surface area contributed by atoms with Crippen LogP contribution in [-0.4, -0.2) is 59.2 Å². The van der Waals surface area contributed by atoms with Crippen molar-refractivity contribution in [1.29, 1.82) is 0 Å². The fourth-order valence-corrected chi connectivity index (χ4v) is 5.06. The highest BCUT2D eigenvalue weighted by Crippen LogP contribution is 2.27. The van der Waals surface area contributed by atoms with Gasteiger partial charge in [-0.25, -0.2) is 4.98 Å². The fourth-order valence-electron chi connectivity index (χ4n) is 5.06. The van der Waals surface area contributed by atoms with Crippen LogP contribution >= 0.6 is 0 Å². The van der Waals surface area contributed by atoms with Crippen LogP contribution in [0.15, 0.2) is 79.0 Å². The van der Waals surface area contributed by atoms with Gasteiger partial charge in [-0.15, -0.1) is 0 Å². The Kier molecular flexibility index (Phi) is 9.03. The maximum absolute atomic E-state index is 13.5. The number of nitrogens with one attached hydrogen (secondary N) is 1. The van der Waals surface area contributed by atoms with E-state index in [0.717, 1.165) is 35.4 Å². The van der Waals surface area contributed by atoms with Crippen molar-refractivity contribution < 1.29 is 19.1 Å². The van der Waals surface area contributed by atoms with Crippen molar-refractivity contribution in [2.75, 3.05) is 32.1 Å². The van der Waals surface area contributed by atoms with Crippen molar-refractivity contribution in [1.82, 2.24) is 14.5 Å². The number of benzene rings is 3. The van der Waals surface area contributed by atoms with Gasteiger partial charge in [0.15, 0.2) is 0 Å². The van der Waals surface area contributed by atoms with Crippen LogP contribution in [0.1, 0.15) is 54.1 Å². The van der Waals surface area contributed by atoms with E-state index in [1.54, 1.807) is 24.1 Å². The van der Waals surface area contributed by atoms with Gasteiger partial charge in [-0.1, -0.05) is 43.7 Å². The van der Waals surface area contributed by atoms with Crippen LogP contribution in [0.3, 0.4) is 0 Å². The summed E-state index contributed by atoms with van der Waals surface area (Å²) >= 11 is 0. The van der Waals surface area contributed by atoms with Crippen LogP contribution < -0.4 is 10.1 Å². The molecule has 0 unspecified atom stereocenters. The highest BCUT2D eigenvalue weighted by Gasteiger charge is 2.26. The average Bonchev–Trinajstić information content (AvgIpc) is 3.67. The van der Waals surface area contributed by atoms with Crippen LogP contribution in [0.5, 0.6) is 5.75 Å². The molecule has 1 aliphatic rings. The zero-order valence-electron chi connectivity index (χ0n) is 24.7. The molecule has 1 atom stereocenters. The molecule has 0 bridgehead atoms. The van der Waals surface area contributed by atoms with Gasteiger partial charge >= 0.3 is 0 Å². The van der Waals surface area contributed by atoms with E-state index < -0.39 is 0 Å². The smallest absolute Gasteiger partial charge is 0.254 e. The lowest BCUT2D eigenvalue weighted by molar-refractivity contribution is -0.117. The summed E-state index contributed by atoms with van der Waals surface area (Å²) in [6.07, 6.45) is 3.63. The normalized spacial score (nSPS) is 14.6. The van der Waals surface area contributed by atoms with Gasteiger partial charge in [0.05, 0.1) is 18.9 Å². The van der Waals surface area contributed by atoms with E-state index >= 15 is 0 Å². The number of ether oxygens (including phenoxy) is 2. The third-order valence-electron chi connectivity index (χ3n) is 7.55. The maximum Gasteiger partial charge on any atom is 0.254 e. The molecule has 1 fully saturated rings. The van der Waals surface area contributed by atoms with E-state index in [2.05, 4.69) is 31.3 Å². The predicted octanol–water partition coefficient (Wildman–Crippen LogP) is 6.24. The molecule has 1 saturated heterocycles. The largest absolute Gasteiger partial charge is 0.497 e. The van der Waals surface area contributed by atoms with Gasteiger partial charge in [0.25, 0.3) is 5.91 Å². The van der Waals surface area contributed by atoms with Gasteiger partial charge in [-0.2, -0.15) is 0 Å². The maximum atomic E-state index is 13.5. The van der Waals surface area contributed by atoms with Gasteiger partial charge in [0.2, 0.25) is 11.9 Å². The fraction of sp³-hybridized carbons (Fsp3) is 0.324. The van der Waals surface area contributed by atoms with Gasteiger partial charge in [-0.3, -0.25) is 19.5 Å². The molecule has 5 rings (SSSR count). The van der Waals surface area contributed by atoms with Gasteiger partial charge in [0.1, 0.15) is 12.3 Å². The van der Waals surface area contributed by atoms with Crippen molar-refractivity contribution in [2.45, 2.75) is 45.6 Å². The van der Waals surface area contributed by atoms with Crippen molar-refractivity contribution in [2.24, 2.45) is 0 Å². The SMILES string of the molecule is COc1ccc(-c2cn(-c3ccc(C(C)C)cc3)c(NC(=O)CN(C[C@@H]3CCCO3)C(=O)c3ccc(C)cc3)n2)cc1. The van der Waals surface area contributed by atoms with E-state index in [9.17, 15) is 9.59 Å². The molecular weight excluding hydrogens is 528 g/mol. The van der Waals surface area contributed by atoms with Crippen LogP contribution in [0.4, 0.5) is 5.95 Å². The van der Waals surface area contributed by atoms with Crippen LogP contribution in [-0.2, 0) is 9.53 Å². The molecule has 0 saturated carbocycles. The number of aromatic nitrogens is 2. The number of imidazole rings is 1. The third-order valence-corrected chi connectivity index (χ3v) is 7.55. The van der Waals surface area contributed by atoms with Crippen molar-refractivity contribution in [3.8, 4) is 22.7 Å². The Hall–Kier alpha value is -4.43. The quantitative estimate of drug-likeness (QED) is 0.246. The minimum absolute atomic E-state index is 0.0877. The minimum atomic E-state index is -0.333. The molecule has 218 valence electrons. The lowest BCUT2D eigenvalue weighted by Crippen LogP contribution is -2.42. The number of carbonyl (C=O) groups is 2. The van der Waals surface area contributed by atoms with Crippen LogP contribution in [0, 0.1) is 6.92 Å². The van der Waals surface area contributed by atoms with Crippen LogP contribution in [0.2, 0.25) is 0 Å². The molecule has 8 nitrogen and oxygen atoms in total. The molecule has 2 amide bonds. The topological polar surface area (TPSA) is 85.7 Å². The first-order valence-electron chi connectivity index (χ1n) is 14.4. The lowest BCUT2D eigenvalue weighted by atomic mass is 10.0. The second kappa shape index (κ2) is 13.0. The molecule has 1 N–H and O–H groups in total. The summed E-state index contributed by atoms with van der Waals surface area (Å²) in [6.45, 7) is 7.18. The Morgan fingerprint density at radius 3 is 2.38 bits per heavy atom. The Bertz CT molecular complexity index is 1500. The molecule has 3 aromatic carbocycles. The monoisotopic (exact) mass is 566 g/mol. The van der Waals surface area contributed by atoms with Crippen molar-refractivity contribution >= 4 is 17.8 Å². The highest BCUT2D eigenvalue weighted by atomic mass is 16.5. The molecule has 0 radical (unpaired) electrons. The van der Waals surface area contributed by atoms with E-state index in [4.69, 9.17) is 14.5 Å². The summed E-state index contributed by atoms with van der Waals surface area (Å²) in [5.74, 6) is 0.993. The Labute approximate surface area is 247 Å². The first-order chi connectivity index (χ1) is 20.3. The molecule has 0 aliphatic carbocycles. The van der Waals surface area contributed by atoms with Gasteiger partial charge in [-0.05, 0) is 79.8 Å². The van der Waals surface area contributed by atoms with Crippen LogP contribution in [0.25, 0.3) is 16.9 Å². The van der Waals surface area contributed by atoms with E-state index in [1.165, 1.54) is 5.56 Å². The third kappa shape index (κ3) is 6.89. The molecule has 8 heteroatoms. The number of methoxy groups -OCH3 is 1. The number of hydrogen-bond donors (Lipinski definition) is 1. The number of nitrogens with zero attached hydrogens (tertiary/aromatic N) is 3. The molecule has 1 aliphatic heterocycles. The number of carbonyl (C=O) groups excluding carboxylic acids is 2. The second-order valence-corrected chi connectivity index (χ2v) is 11.0.